The molecule has 0 spiro atoms. The molecule has 0 unspecified atom stereocenters. The number of benzene rings is 1. The maximum atomic E-state index is 4.39. The molecule has 0 saturated heterocycles. The van der Waals surface area contributed by atoms with E-state index in [0.717, 1.165) is 12.1 Å². The Morgan fingerprint density at radius 1 is 0.882 bits per heavy atom. The standard InChI is InChI=1S/C16H13N/c1-2-6-13(7-3-1)14-9-10-15(12-14)16-8-4-5-11-17-16/h1-9,11-12H,10H2. The number of hydrogen-bond donors (Lipinski definition) is 0. The van der Waals surface area contributed by atoms with E-state index >= 15 is 0 Å². The average Bonchev–Trinajstić information content (AvgIpc) is 2.90. The van der Waals surface area contributed by atoms with E-state index in [9.17, 15) is 0 Å². The van der Waals surface area contributed by atoms with Gasteiger partial charge in [0.2, 0.25) is 0 Å². The molecular formula is C16H13N. The van der Waals surface area contributed by atoms with Crippen LogP contribution in [0.4, 0.5) is 0 Å². The second-order valence-electron chi connectivity index (χ2n) is 4.11. The summed E-state index contributed by atoms with van der Waals surface area (Å²) in [6.07, 6.45) is 7.31. The molecule has 17 heavy (non-hydrogen) atoms. The van der Waals surface area contributed by atoms with Crippen LogP contribution in [0.25, 0.3) is 11.1 Å². The SMILES string of the molecule is C1=C(c2ccccc2)C=C(c2ccccn2)C1. The van der Waals surface area contributed by atoms with Crippen molar-refractivity contribution in [2.75, 3.05) is 0 Å². The molecular weight excluding hydrogens is 206 g/mol. The van der Waals surface area contributed by atoms with Gasteiger partial charge in [-0.05, 0) is 41.3 Å². The zero-order valence-electron chi connectivity index (χ0n) is 9.51. The first-order chi connectivity index (χ1) is 8.43. The van der Waals surface area contributed by atoms with Crippen molar-refractivity contribution in [3.8, 4) is 0 Å². The van der Waals surface area contributed by atoms with Gasteiger partial charge < -0.3 is 0 Å². The molecule has 3 rings (SSSR count). The van der Waals surface area contributed by atoms with Gasteiger partial charge in [-0.25, -0.2) is 0 Å². The second-order valence-corrected chi connectivity index (χ2v) is 4.11. The Bertz CT molecular complexity index is 565. The topological polar surface area (TPSA) is 12.9 Å². The maximum absolute atomic E-state index is 4.39. The minimum absolute atomic E-state index is 0.973. The van der Waals surface area contributed by atoms with E-state index < -0.39 is 0 Å². The van der Waals surface area contributed by atoms with Crippen LogP contribution in [0.1, 0.15) is 17.7 Å². The highest BCUT2D eigenvalue weighted by atomic mass is 14.7. The van der Waals surface area contributed by atoms with Crippen molar-refractivity contribution in [1.29, 1.82) is 0 Å². The normalized spacial score (nSPS) is 14.4. The molecule has 1 nitrogen and oxygen atoms in total. The third-order valence-electron chi connectivity index (χ3n) is 2.97. The van der Waals surface area contributed by atoms with Crippen LogP contribution in [0.15, 0.2) is 66.9 Å². The molecule has 1 aromatic heterocycles. The highest BCUT2D eigenvalue weighted by Gasteiger charge is 2.10. The summed E-state index contributed by atoms with van der Waals surface area (Å²) in [5.41, 5.74) is 4.95. The van der Waals surface area contributed by atoms with Gasteiger partial charge in [0.1, 0.15) is 0 Å². The zero-order valence-corrected chi connectivity index (χ0v) is 9.51. The number of hydrogen-bond acceptors (Lipinski definition) is 1. The van der Waals surface area contributed by atoms with Crippen LogP contribution < -0.4 is 0 Å². The fourth-order valence-corrected chi connectivity index (χ4v) is 2.09. The van der Waals surface area contributed by atoms with Crippen molar-refractivity contribution >= 4 is 11.1 Å². The van der Waals surface area contributed by atoms with Crippen molar-refractivity contribution in [3.05, 3.63) is 78.1 Å². The zero-order chi connectivity index (χ0) is 11.5. The lowest BCUT2D eigenvalue weighted by atomic mass is 10.1. The van der Waals surface area contributed by atoms with E-state index in [0.29, 0.717) is 0 Å². The first-order valence-corrected chi connectivity index (χ1v) is 5.81. The van der Waals surface area contributed by atoms with Gasteiger partial charge in [0.05, 0.1) is 5.69 Å². The van der Waals surface area contributed by atoms with Crippen molar-refractivity contribution in [3.63, 3.8) is 0 Å². The number of rotatable bonds is 2. The van der Waals surface area contributed by atoms with Gasteiger partial charge in [0, 0.05) is 6.20 Å². The lowest BCUT2D eigenvalue weighted by Crippen LogP contribution is -1.84. The largest absolute Gasteiger partial charge is 0.257 e. The van der Waals surface area contributed by atoms with Gasteiger partial charge in [-0.15, -0.1) is 0 Å². The van der Waals surface area contributed by atoms with Crippen LogP contribution >= 0.6 is 0 Å². The summed E-state index contributed by atoms with van der Waals surface area (Å²) < 4.78 is 0. The molecule has 0 N–H and O–H groups in total. The third kappa shape index (κ3) is 2.04. The first-order valence-electron chi connectivity index (χ1n) is 5.81. The molecule has 0 amide bonds. The Morgan fingerprint density at radius 3 is 2.47 bits per heavy atom. The van der Waals surface area contributed by atoms with E-state index in [1.54, 1.807) is 0 Å². The third-order valence-corrected chi connectivity index (χ3v) is 2.97. The highest BCUT2D eigenvalue weighted by Crippen LogP contribution is 2.30. The van der Waals surface area contributed by atoms with Crippen LogP contribution in [-0.4, -0.2) is 4.98 Å². The van der Waals surface area contributed by atoms with E-state index in [2.05, 4.69) is 47.5 Å². The molecule has 1 heterocycles. The van der Waals surface area contributed by atoms with Gasteiger partial charge in [-0.3, -0.25) is 4.98 Å². The summed E-state index contributed by atoms with van der Waals surface area (Å²) in [4.78, 5) is 4.39. The molecule has 0 aliphatic heterocycles. The molecule has 82 valence electrons. The molecule has 2 aromatic rings. The molecule has 0 atom stereocenters. The number of aromatic nitrogens is 1. The fourth-order valence-electron chi connectivity index (χ4n) is 2.09. The second kappa shape index (κ2) is 4.38. The van der Waals surface area contributed by atoms with Crippen molar-refractivity contribution in [2.24, 2.45) is 0 Å². The molecule has 0 fully saturated rings. The highest BCUT2D eigenvalue weighted by molar-refractivity contribution is 5.88. The van der Waals surface area contributed by atoms with E-state index in [1.165, 1.54) is 16.7 Å². The van der Waals surface area contributed by atoms with Crippen LogP contribution in [0, 0.1) is 0 Å². The summed E-state index contributed by atoms with van der Waals surface area (Å²) in [6.45, 7) is 0. The van der Waals surface area contributed by atoms with Crippen LogP contribution in [0.3, 0.4) is 0 Å². The number of pyridine rings is 1. The molecule has 0 radical (unpaired) electrons. The Labute approximate surface area is 101 Å². The van der Waals surface area contributed by atoms with Crippen LogP contribution in [0.5, 0.6) is 0 Å². The van der Waals surface area contributed by atoms with Crippen LogP contribution in [-0.2, 0) is 0 Å². The van der Waals surface area contributed by atoms with Gasteiger partial charge in [-0.2, -0.15) is 0 Å². The van der Waals surface area contributed by atoms with E-state index in [1.807, 2.05) is 24.4 Å². The van der Waals surface area contributed by atoms with Gasteiger partial charge in [0.25, 0.3) is 0 Å². The molecule has 1 aliphatic rings. The summed E-state index contributed by atoms with van der Waals surface area (Å²) in [5, 5.41) is 0. The first kappa shape index (κ1) is 10.0. The number of allylic oxidation sites excluding steroid dienone is 4. The Balaban J connectivity index is 1.91. The van der Waals surface area contributed by atoms with Crippen molar-refractivity contribution < 1.29 is 0 Å². The van der Waals surface area contributed by atoms with Crippen molar-refractivity contribution in [2.45, 2.75) is 6.42 Å². The molecule has 1 aromatic carbocycles. The monoisotopic (exact) mass is 219 g/mol. The van der Waals surface area contributed by atoms with Crippen molar-refractivity contribution in [1.82, 2.24) is 4.98 Å². The Hall–Kier alpha value is -2.15. The minimum atomic E-state index is 0.973. The Morgan fingerprint density at radius 2 is 1.71 bits per heavy atom. The van der Waals surface area contributed by atoms with Gasteiger partial charge in [-0.1, -0.05) is 42.5 Å². The summed E-state index contributed by atoms with van der Waals surface area (Å²) >= 11 is 0. The quantitative estimate of drug-likeness (QED) is 0.745. The molecule has 0 bridgehead atoms. The molecule has 0 saturated carbocycles. The average molecular weight is 219 g/mol. The van der Waals surface area contributed by atoms with E-state index in [-0.39, 0.29) is 0 Å². The van der Waals surface area contributed by atoms with Gasteiger partial charge in [0.15, 0.2) is 0 Å². The smallest absolute Gasteiger partial charge is 0.0664 e. The molecule has 1 heteroatoms. The molecule has 1 aliphatic carbocycles. The maximum Gasteiger partial charge on any atom is 0.0664 e. The predicted molar refractivity (Wildman–Crippen MR) is 71.3 cm³/mol. The lowest BCUT2D eigenvalue weighted by Gasteiger charge is -1.99. The summed E-state index contributed by atoms with van der Waals surface area (Å²) in [7, 11) is 0. The summed E-state index contributed by atoms with van der Waals surface area (Å²) in [5.74, 6) is 0. The van der Waals surface area contributed by atoms with E-state index in [4.69, 9.17) is 0 Å². The summed E-state index contributed by atoms with van der Waals surface area (Å²) in [6, 6.07) is 16.5. The lowest BCUT2D eigenvalue weighted by molar-refractivity contribution is 1.24. The van der Waals surface area contributed by atoms with Crippen LogP contribution in [0.2, 0.25) is 0 Å². The predicted octanol–water partition coefficient (Wildman–Crippen LogP) is 3.95. The minimum Gasteiger partial charge on any atom is -0.257 e. The van der Waals surface area contributed by atoms with Gasteiger partial charge >= 0.3 is 0 Å². The number of nitrogens with zero attached hydrogens (tertiary/aromatic N) is 1. The Kier molecular flexibility index (Phi) is 2.59. The fraction of sp³-hybridized carbons (Fsp3) is 0.0625.